The van der Waals surface area contributed by atoms with E-state index in [0.29, 0.717) is 5.75 Å². The maximum atomic E-state index is 13.3. The van der Waals surface area contributed by atoms with Gasteiger partial charge in [-0.2, -0.15) is 13.2 Å². The van der Waals surface area contributed by atoms with Crippen LogP contribution in [-0.4, -0.2) is 6.03 Å². The summed E-state index contributed by atoms with van der Waals surface area (Å²) in [6, 6.07) is 24.9. The number of ether oxygens (including phenoxy) is 1. The highest BCUT2D eigenvalue weighted by molar-refractivity contribution is 9.10. The van der Waals surface area contributed by atoms with Crippen LogP contribution in [0, 0.1) is 6.92 Å². The number of urea groups is 1. The zero-order valence-corrected chi connectivity index (χ0v) is 20.8. The van der Waals surface area contributed by atoms with Crippen molar-refractivity contribution in [2.45, 2.75) is 19.6 Å². The molecule has 4 rings (SSSR count). The molecule has 4 aromatic rings. The minimum atomic E-state index is -4.57. The van der Waals surface area contributed by atoms with Crippen molar-refractivity contribution in [3.63, 3.8) is 0 Å². The number of halogens is 4. The lowest BCUT2D eigenvalue weighted by molar-refractivity contribution is -0.137. The molecule has 0 heterocycles. The lowest BCUT2D eigenvalue weighted by Crippen LogP contribution is -2.28. The van der Waals surface area contributed by atoms with Crippen LogP contribution in [0.2, 0.25) is 0 Å². The highest BCUT2D eigenvalue weighted by Gasteiger charge is 2.31. The first kappa shape index (κ1) is 25.3. The minimum absolute atomic E-state index is 0.0851. The lowest BCUT2D eigenvalue weighted by atomic mass is 10.0. The average Bonchev–Trinajstić information content (AvgIpc) is 2.85. The van der Waals surface area contributed by atoms with Gasteiger partial charge in [0.2, 0.25) is 0 Å². The zero-order valence-electron chi connectivity index (χ0n) is 19.2. The molecule has 184 valence electrons. The first-order valence-electron chi connectivity index (χ1n) is 11.0. The van der Waals surface area contributed by atoms with E-state index >= 15 is 0 Å². The van der Waals surface area contributed by atoms with E-state index in [4.69, 9.17) is 4.74 Å². The Hall–Kier alpha value is -3.78. The molecule has 0 aliphatic heterocycles. The van der Waals surface area contributed by atoms with E-state index < -0.39 is 17.8 Å². The zero-order chi connectivity index (χ0) is 25.7. The van der Waals surface area contributed by atoms with E-state index in [0.717, 1.165) is 38.9 Å². The van der Waals surface area contributed by atoms with E-state index in [9.17, 15) is 18.0 Å². The van der Waals surface area contributed by atoms with E-state index in [1.165, 1.54) is 6.07 Å². The summed E-state index contributed by atoms with van der Waals surface area (Å²) >= 11 is 3.32. The Balaban J connectivity index is 1.49. The second-order valence-corrected chi connectivity index (χ2v) is 9.06. The number of aryl methyl sites for hydroxylation is 1. The van der Waals surface area contributed by atoms with Gasteiger partial charge in [0.25, 0.3) is 0 Å². The summed E-state index contributed by atoms with van der Waals surface area (Å²) in [5, 5.41) is 5.20. The van der Waals surface area contributed by atoms with Crippen LogP contribution >= 0.6 is 15.9 Å². The van der Waals surface area contributed by atoms with Crippen LogP contribution in [0.15, 0.2) is 95.5 Å². The molecule has 4 aromatic carbocycles. The Morgan fingerprint density at radius 2 is 1.58 bits per heavy atom. The van der Waals surface area contributed by atoms with E-state index in [1.807, 2.05) is 49.4 Å². The fourth-order valence-corrected chi connectivity index (χ4v) is 3.82. The Morgan fingerprint density at radius 1 is 0.889 bits per heavy atom. The van der Waals surface area contributed by atoms with Gasteiger partial charge >= 0.3 is 12.2 Å². The molecule has 0 saturated heterocycles. The molecule has 2 N–H and O–H groups in total. The van der Waals surface area contributed by atoms with Crippen LogP contribution in [0.25, 0.3) is 11.1 Å². The van der Waals surface area contributed by atoms with E-state index in [-0.39, 0.29) is 18.0 Å². The Kier molecular flexibility index (Phi) is 7.64. The Labute approximate surface area is 215 Å². The van der Waals surface area contributed by atoms with Gasteiger partial charge in [-0.25, -0.2) is 4.79 Å². The van der Waals surface area contributed by atoms with Crippen LogP contribution < -0.4 is 15.4 Å². The average molecular weight is 555 g/mol. The van der Waals surface area contributed by atoms with Crippen molar-refractivity contribution in [2.24, 2.45) is 0 Å². The largest absolute Gasteiger partial charge is 0.455 e. The third-order valence-corrected chi connectivity index (χ3v) is 5.86. The predicted molar refractivity (Wildman–Crippen MR) is 138 cm³/mol. The smallest absolute Gasteiger partial charge is 0.416 e. The summed E-state index contributed by atoms with van der Waals surface area (Å²) < 4.78 is 46.5. The molecule has 0 aliphatic carbocycles. The monoisotopic (exact) mass is 554 g/mol. The molecule has 0 radical (unpaired) electrons. The number of benzene rings is 4. The van der Waals surface area contributed by atoms with Crippen molar-refractivity contribution in [3.05, 3.63) is 112 Å². The molecule has 8 heteroatoms. The van der Waals surface area contributed by atoms with Crippen molar-refractivity contribution >= 4 is 27.6 Å². The minimum Gasteiger partial charge on any atom is -0.455 e. The van der Waals surface area contributed by atoms with Gasteiger partial charge in [0, 0.05) is 11.0 Å². The fraction of sp³-hybridized carbons (Fsp3) is 0.107. The van der Waals surface area contributed by atoms with E-state index in [2.05, 4.69) is 32.6 Å². The number of amides is 2. The van der Waals surface area contributed by atoms with Crippen molar-refractivity contribution in [2.75, 3.05) is 5.32 Å². The van der Waals surface area contributed by atoms with Gasteiger partial charge in [0.15, 0.2) is 5.75 Å². The maximum absolute atomic E-state index is 13.3. The van der Waals surface area contributed by atoms with Gasteiger partial charge in [-0.05, 0) is 72.1 Å². The first-order valence-corrected chi connectivity index (χ1v) is 11.8. The quantitative estimate of drug-likeness (QED) is 0.251. The number of nitrogens with one attached hydrogen (secondary N) is 2. The van der Waals surface area contributed by atoms with Crippen molar-refractivity contribution < 1.29 is 22.7 Å². The van der Waals surface area contributed by atoms with Crippen LogP contribution in [0.5, 0.6) is 11.5 Å². The molecule has 0 saturated carbocycles. The number of anilines is 1. The molecule has 0 atom stereocenters. The number of rotatable bonds is 6. The standard InChI is InChI=1S/C28H22BrF3N2O2/c1-18-4-2-6-20(14-18)21-7-3-5-19(15-21)17-33-27(35)34-25-16-22(28(30,31)32)8-13-26(25)36-24-11-9-23(29)10-12-24/h2-16H,17H2,1H3,(H2,33,34,35). The fourth-order valence-electron chi connectivity index (χ4n) is 3.56. The van der Waals surface area contributed by atoms with Gasteiger partial charge < -0.3 is 15.4 Å². The molecule has 0 aromatic heterocycles. The summed E-state index contributed by atoms with van der Waals surface area (Å²) in [5.41, 5.74) is 3.05. The first-order chi connectivity index (χ1) is 17.2. The SMILES string of the molecule is Cc1cccc(-c2cccc(CNC(=O)Nc3cc(C(F)(F)F)ccc3Oc3ccc(Br)cc3)c2)c1. The summed E-state index contributed by atoms with van der Waals surface area (Å²) in [4.78, 5) is 12.6. The van der Waals surface area contributed by atoms with Crippen molar-refractivity contribution in [1.29, 1.82) is 0 Å². The number of hydrogen-bond donors (Lipinski definition) is 2. The summed E-state index contributed by atoms with van der Waals surface area (Å²) in [6.45, 7) is 2.20. The third kappa shape index (κ3) is 6.66. The predicted octanol–water partition coefficient (Wildman–Crippen LogP) is 8.56. The molecule has 0 fully saturated rings. The number of hydrogen-bond acceptors (Lipinski definition) is 2. The molecule has 0 bridgehead atoms. The van der Waals surface area contributed by atoms with E-state index in [1.54, 1.807) is 24.3 Å². The van der Waals surface area contributed by atoms with Crippen molar-refractivity contribution in [1.82, 2.24) is 5.32 Å². The highest BCUT2D eigenvalue weighted by atomic mass is 79.9. The van der Waals surface area contributed by atoms with Gasteiger partial charge in [-0.3, -0.25) is 0 Å². The molecule has 4 nitrogen and oxygen atoms in total. The van der Waals surface area contributed by atoms with Crippen molar-refractivity contribution in [3.8, 4) is 22.6 Å². The number of carbonyl (C=O) groups excluding carboxylic acids is 1. The van der Waals surface area contributed by atoms with Crippen LogP contribution in [0.4, 0.5) is 23.7 Å². The molecule has 0 aliphatic rings. The molecule has 2 amide bonds. The summed E-state index contributed by atoms with van der Waals surface area (Å²) in [5.74, 6) is 0.497. The second kappa shape index (κ2) is 10.9. The third-order valence-electron chi connectivity index (χ3n) is 5.33. The van der Waals surface area contributed by atoms with Crippen LogP contribution in [-0.2, 0) is 12.7 Å². The summed E-state index contributed by atoms with van der Waals surface area (Å²) in [7, 11) is 0. The van der Waals surface area contributed by atoms with Gasteiger partial charge in [-0.15, -0.1) is 0 Å². The molecule has 0 spiro atoms. The molecular weight excluding hydrogens is 533 g/mol. The number of alkyl halides is 3. The second-order valence-electron chi connectivity index (χ2n) is 8.14. The lowest BCUT2D eigenvalue weighted by Gasteiger charge is -2.16. The molecule has 0 unspecified atom stereocenters. The Bertz CT molecular complexity index is 1370. The molecule has 36 heavy (non-hydrogen) atoms. The topological polar surface area (TPSA) is 50.4 Å². The highest BCUT2D eigenvalue weighted by Crippen LogP contribution is 2.37. The normalized spacial score (nSPS) is 11.1. The van der Waals surface area contributed by atoms with Crippen LogP contribution in [0.1, 0.15) is 16.7 Å². The van der Waals surface area contributed by atoms with Gasteiger partial charge in [0.1, 0.15) is 5.75 Å². The summed E-state index contributed by atoms with van der Waals surface area (Å²) in [6.07, 6.45) is -4.57. The number of carbonyl (C=O) groups is 1. The Morgan fingerprint density at radius 3 is 2.28 bits per heavy atom. The van der Waals surface area contributed by atoms with Gasteiger partial charge in [0.05, 0.1) is 11.3 Å². The molecular formula is C28H22BrF3N2O2. The maximum Gasteiger partial charge on any atom is 0.416 e. The van der Waals surface area contributed by atoms with Gasteiger partial charge in [-0.1, -0.05) is 64.0 Å². The van der Waals surface area contributed by atoms with Crippen LogP contribution in [0.3, 0.4) is 0 Å².